The zero-order valence-electron chi connectivity index (χ0n) is 15.5. The summed E-state index contributed by atoms with van der Waals surface area (Å²) in [5, 5.41) is 7.10. The third-order valence-corrected chi connectivity index (χ3v) is 6.55. The maximum Gasteiger partial charge on any atom is 0.225 e. The third kappa shape index (κ3) is 4.17. The van der Waals surface area contributed by atoms with Crippen molar-refractivity contribution in [3.63, 3.8) is 0 Å². The molecule has 1 saturated heterocycles. The number of amides is 1. The molecule has 0 unspecified atom stereocenters. The van der Waals surface area contributed by atoms with E-state index in [4.69, 9.17) is 4.98 Å². The van der Waals surface area contributed by atoms with Crippen molar-refractivity contribution in [3.8, 4) is 0 Å². The topological polar surface area (TPSA) is 45.2 Å². The predicted octanol–water partition coefficient (Wildman–Crippen LogP) is 3.57. The largest absolute Gasteiger partial charge is 0.342 e. The second-order valence-corrected chi connectivity index (χ2v) is 9.26. The summed E-state index contributed by atoms with van der Waals surface area (Å²) < 4.78 is 0. The fraction of sp³-hybridized carbons (Fsp3) is 0.789. The molecule has 3 rings (SSSR count). The van der Waals surface area contributed by atoms with Gasteiger partial charge in [-0.1, -0.05) is 34.1 Å². The minimum Gasteiger partial charge on any atom is -0.342 e. The number of carbonyl (C=O) groups excluding carboxylic acids is 1. The average molecular weight is 350 g/mol. The molecule has 0 aromatic carbocycles. The first-order chi connectivity index (χ1) is 11.4. The van der Waals surface area contributed by atoms with Crippen molar-refractivity contribution in [2.24, 2.45) is 11.8 Å². The van der Waals surface area contributed by atoms with Crippen LogP contribution in [0.5, 0.6) is 0 Å². The van der Waals surface area contributed by atoms with Crippen molar-refractivity contribution in [1.82, 2.24) is 15.2 Å². The first kappa shape index (κ1) is 17.9. The Morgan fingerprint density at radius 2 is 2.12 bits per heavy atom. The van der Waals surface area contributed by atoms with Crippen molar-refractivity contribution in [3.05, 3.63) is 16.1 Å². The number of rotatable bonds is 5. The molecule has 1 aromatic rings. The standard InChI is InChI=1S/C19H31N3OS/c1-5-13-11-22(17(23)14-6-7-14)9-8-16(13)20-10-15-12-24-18(21-15)19(2,3)4/h12-14,16,20H,5-11H2,1-4H3/t13-,16-/m1/s1. The summed E-state index contributed by atoms with van der Waals surface area (Å²) >= 11 is 1.76. The maximum atomic E-state index is 12.3. The van der Waals surface area contributed by atoms with Crippen LogP contribution in [0.4, 0.5) is 0 Å². The fourth-order valence-corrected chi connectivity index (χ4v) is 4.38. The highest BCUT2D eigenvalue weighted by molar-refractivity contribution is 7.09. The highest BCUT2D eigenvalue weighted by atomic mass is 32.1. The van der Waals surface area contributed by atoms with Crippen molar-refractivity contribution in [2.75, 3.05) is 13.1 Å². The molecule has 1 aromatic heterocycles. The van der Waals surface area contributed by atoms with Crippen molar-refractivity contribution in [1.29, 1.82) is 0 Å². The van der Waals surface area contributed by atoms with Crippen LogP contribution in [0.15, 0.2) is 5.38 Å². The van der Waals surface area contributed by atoms with Gasteiger partial charge in [-0.05, 0) is 25.2 Å². The van der Waals surface area contributed by atoms with E-state index >= 15 is 0 Å². The molecule has 5 heteroatoms. The highest BCUT2D eigenvalue weighted by Crippen LogP contribution is 2.33. The van der Waals surface area contributed by atoms with Crippen LogP contribution in [-0.4, -0.2) is 34.9 Å². The van der Waals surface area contributed by atoms with Crippen LogP contribution in [0.3, 0.4) is 0 Å². The second kappa shape index (κ2) is 7.12. The minimum absolute atomic E-state index is 0.128. The summed E-state index contributed by atoms with van der Waals surface area (Å²) in [5.41, 5.74) is 1.28. The van der Waals surface area contributed by atoms with Gasteiger partial charge in [0.2, 0.25) is 5.91 Å². The van der Waals surface area contributed by atoms with E-state index in [0.29, 0.717) is 23.8 Å². The van der Waals surface area contributed by atoms with Crippen LogP contribution in [0, 0.1) is 11.8 Å². The second-order valence-electron chi connectivity index (χ2n) is 8.40. The lowest BCUT2D eigenvalue weighted by Crippen LogP contribution is -2.51. The Balaban J connectivity index is 1.53. The molecule has 2 atom stereocenters. The molecular weight excluding hydrogens is 318 g/mol. The molecule has 4 nitrogen and oxygen atoms in total. The molecule has 1 saturated carbocycles. The van der Waals surface area contributed by atoms with E-state index < -0.39 is 0 Å². The van der Waals surface area contributed by atoms with Crippen LogP contribution in [-0.2, 0) is 16.8 Å². The van der Waals surface area contributed by atoms with E-state index in [-0.39, 0.29) is 5.41 Å². The third-order valence-electron chi connectivity index (χ3n) is 5.24. The van der Waals surface area contributed by atoms with Gasteiger partial charge in [-0.3, -0.25) is 4.79 Å². The van der Waals surface area contributed by atoms with Gasteiger partial charge in [-0.15, -0.1) is 11.3 Å². The number of aromatic nitrogens is 1. The Labute approximate surface area is 150 Å². The maximum absolute atomic E-state index is 12.3. The highest BCUT2D eigenvalue weighted by Gasteiger charge is 2.37. The molecule has 134 valence electrons. The number of carbonyl (C=O) groups is 1. The van der Waals surface area contributed by atoms with Gasteiger partial charge in [-0.25, -0.2) is 4.98 Å². The van der Waals surface area contributed by atoms with Gasteiger partial charge in [0.05, 0.1) is 10.7 Å². The van der Waals surface area contributed by atoms with Crippen molar-refractivity contribution >= 4 is 17.2 Å². The van der Waals surface area contributed by atoms with E-state index in [1.165, 1.54) is 5.01 Å². The van der Waals surface area contributed by atoms with Crippen LogP contribution >= 0.6 is 11.3 Å². The summed E-state index contributed by atoms with van der Waals surface area (Å²) in [5.74, 6) is 1.31. The lowest BCUT2D eigenvalue weighted by molar-refractivity contribution is -0.134. The number of hydrogen-bond donors (Lipinski definition) is 1. The molecule has 2 heterocycles. The van der Waals surface area contributed by atoms with E-state index in [1.807, 2.05) is 0 Å². The van der Waals surface area contributed by atoms with Crippen LogP contribution in [0.1, 0.15) is 64.1 Å². The quantitative estimate of drug-likeness (QED) is 0.884. The molecule has 0 spiro atoms. The molecule has 2 fully saturated rings. The van der Waals surface area contributed by atoms with Gasteiger partial charge < -0.3 is 10.2 Å². The zero-order chi connectivity index (χ0) is 17.3. The Morgan fingerprint density at radius 3 is 2.71 bits per heavy atom. The SMILES string of the molecule is CC[C@@H]1CN(C(=O)C2CC2)CC[C@H]1NCc1csc(C(C)(C)C)n1. The molecule has 1 amide bonds. The van der Waals surface area contributed by atoms with E-state index in [2.05, 4.69) is 43.3 Å². The van der Waals surface area contributed by atoms with E-state index in [9.17, 15) is 4.79 Å². The molecule has 2 aliphatic rings. The Bertz CT molecular complexity index is 573. The number of nitrogens with zero attached hydrogens (tertiary/aromatic N) is 2. The Morgan fingerprint density at radius 1 is 1.38 bits per heavy atom. The molecular formula is C19H31N3OS. The normalized spacial score (nSPS) is 25.1. The van der Waals surface area contributed by atoms with E-state index in [0.717, 1.165) is 51.0 Å². The monoisotopic (exact) mass is 349 g/mol. The van der Waals surface area contributed by atoms with Crippen molar-refractivity contribution in [2.45, 2.75) is 71.4 Å². The zero-order valence-corrected chi connectivity index (χ0v) is 16.3. The molecule has 0 bridgehead atoms. The molecule has 1 N–H and O–H groups in total. The smallest absolute Gasteiger partial charge is 0.225 e. The van der Waals surface area contributed by atoms with Gasteiger partial charge >= 0.3 is 0 Å². The van der Waals surface area contributed by atoms with Gasteiger partial charge in [0.25, 0.3) is 0 Å². The molecule has 1 aliphatic carbocycles. The lowest BCUT2D eigenvalue weighted by Gasteiger charge is -2.39. The average Bonchev–Trinajstić information content (AvgIpc) is 3.28. The first-order valence-corrected chi connectivity index (χ1v) is 10.2. The summed E-state index contributed by atoms with van der Waals surface area (Å²) in [4.78, 5) is 19.2. The Kier molecular flexibility index (Phi) is 5.30. The summed E-state index contributed by atoms with van der Waals surface area (Å²) in [6.45, 7) is 11.5. The molecule has 1 aliphatic heterocycles. The summed E-state index contributed by atoms with van der Waals surface area (Å²) in [7, 11) is 0. The summed E-state index contributed by atoms with van der Waals surface area (Å²) in [6.07, 6.45) is 4.39. The van der Waals surface area contributed by atoms with Gasteiger partial charge in [0.15, 0.2) is 0 Å². The van der Waals surface area contributed by atoms with Crippen molar-refractivity contribution < 1.29 is 4.79 Å². The molecule has 0 radical (unpaired) electrons. The van der Waals surface area contributed by atoms with Gasteiger partial charge in [0.1, 0.15) is 0 Å². The van der Waals surface area contributed by atoms with Crippen LogP contribution in [0.25, 0.3) is 0 Å². The fourth-order valence-electron chi connectivity index (χ4n) is 3.47. The van der Waals surface area contributed by atoms with Crippen LogP contribution in [0.2, 0.25) is 0 Å². The summed E-state index contributed by atoms with van der Waals surface area (Å²) in [6, 6.07) is 0.498. The number of hydrogen-bond acceptors (Lipinski definition) is 4. The first-order valence-electron chi connectivity index (χ1n) is 9.35. The van der Waals surface area contributed by atoms with Crippen LogP contribution < -0.4 is 5.32 Å². The minimum atomic E-state index is 0.128. The van der Waals surface area contributed by atoms with Gasteiger partial charge in [-0.2, -0.15) is 0 Å². The number of thiazole rings is 1. The lowest BCUT2D eigenvalue weighted by atomic mass is 9.89. The van der Waals surface area contributed by atoms with E-state index in [1.54, 1.807) is 11.3 Å². The number of nitrogens with one attached hydrogen (secondary N) is 1. The number of likely N-dealkylation sites (tertiary alicyclic amines) is 1. The Hall–Kier alpha value is -0.940. The molecule has 24 heavy (non-hydrogen) atoms. The number of piperidine rings is 1. The predicted molar refractivity (Wildman–Crippen MR) is 99.1 cm³/mol. The van der Waals surface area contributed by atoms with Gasteiger partial charge in [0, 0.05) is 42.4 Å².